The first-order chi connectivity index (χ1) is 9.03. The van der Waals surface area contributed by atoms with Crippen LogP contribution in [0.2, 0.25) is 0 Å². The van der Waals surface area contributed by atoms with Crippen LogP contribution in [-0.4, -0.2) is 22.8 Å². The van der Waals surface area contributed by atoms with Crippen LogP contribution in [0, 0.1) is 0 Å². The first-order valence-electron chi connectivity index (χ1n) is 6.94. The van der Waals surface area contributed by atoms with Gasteiger partial charge in [0.15, 0.2) is 11.5 Å². The standard InChI is InChI=1S/C15H21NO2S/c1-10-12(5-4-8-19-10)16-11-6-7-13-14(9-11)18-15(2,3)17-13/h6-7,9-10,12,16H,4-5,8H2,1-3H3. The van der Waals surface area contributed by atoms with Crippen LogP contribution in [0.4, 0.5) is 5.69 Å². The fraction of sp³-hybridized carbons (Fsp3) is 0.600. The van der Waals surface area contributed by atoms with Gasteiger partial charge in [0.25, 0.3) is 0 Å². The molecule has 1 N–H and O–H groups in total. The van der Waals surface area contributed by atoms with E-state index in [0.29, 0.717) is 11.3 Å². The molecule has 0 spiro atoms. The number of benzene rings is 1. The maximum absolute atomic E-state index is 5.78. The molecule has 2 atom stereocenters. The van der Waals surface area contributed by atoms with Gasteiger partial charge in [-0.2, -0.15) is 11.8 Å². The third kappa shape index (κ3) is 2.78. The van der Waals surface area contributed by atoms with E-state index in [-0.39, 0.29) is 0 Å². The Morgan fingerprint density at radius 2 is 2.05 bits per heavy atom. The first kappa shape index (κ1) is 13.0. The highest BCUT2D eigenvalue weighted by molar-refractivity contribution is 8.00. The molecule has 3 rings (SSSR count). The first-order valence-corrected chi connectivity index (χ1v) is 7.99. The van der Waals surface area contributed by atoms with Gasteiger partial charge < -0.3 is 14.8 Å². The van der Waals surface area contributed by atoms with Crippen LogP contribution in [0.25, 0.3) is 0 Å². The second kappa shape index (κ2) is 4.82. The number of anilines is 1. The van der Waals surface area contributed by atoms with Crippen molar-refractivity contribution in [3.63, 3.8) is 0 Å². The fourth-order valence-electron chi connectivity index (χ4n) is 2.64. The van der Waals surface area contributed by atoms with E-state index in [9.17, 15) is 0 Å². The molecule has 0 aliphatic carbocycles. The lowest BCUT2D eigenvalue weighted by molar-refractivity contribution is -0.0431. The summed E-state index contributed by atoms with van der Waals surface area (Å²) in [5, 5.41) is 4.29. The van der Waals surface area contributed by atoms with E-state index in [0.717, 1.165) is 17.2 Å². The maximum atomic E-state index is 5.78. The van der Waals surface area contributed by atoms with Crippen LogP contribution in [0.15, 0.2) is 18.2 Å². The van der Waals surface area contributed by atoms with Crippen LogP contribution < -0.4 is 14.8 Å². The molecule has 2 aliphatic heterocycles. The molecule has 2 heterocycles. The van der Waals surface area contributed by atoms with Crippen LogP contribution in [0.3, 0.4) is 0 Å². The van der Waals surface area contributed by atoms with Crippen molar-refractivity contribution in [2.24, 2.45) is 0 Å². The molecule has 0 aromatic heterocycles. The Labute approximate surface area is 119 Å². The number of hydrogen-bond donors (Lipinski definition) is 1. The van der Waals surface area contributed by atoms with E-state index < -0.39 is 5.79 Å². The van der Waals surface area contributed by atoms with Crippen molar-refractivity contribution in [3.8, 4) is 11.5 Å². The predicted molar refractivity (Wildman–Crippen MR) is 80.3 cm³/mol. The summed E-state index contributed by atoms with van der Waals surface area (Å²) in [5.41, 5.74) is 1.12. The molecule has 19 heavy (non-hydrogen) atoms. The van der Waals surface area contributed by atoms with Crippen molar-refractivity contribution in [2.45, 2.75) is 50.7 Å². The van der Waals surface area contributed by atoms with E-state index in [1.165, 1.54) is 18.6 Å². The Balaban J connectivity index is 1.73. The summed E-state index contributed by atoms with van der Waals surface area (Å²) in [7, 11) is 0. The maximum Gasteiger partial charge on any atom is 0.246 e. The normalized spacial score (nSPS) is 28.2. The summed E-state index contributed by atoms with van der Waals surface area (Å²) in [6, 6.07) is 6.67. The quantitative estimate of drug-likeness (QED) is 0.889. The number of nitrogens with one attached hydrogen (secondary N) is 1. The molecular formula is C15H21NO2S. The van der Waals surface area contributed by atoms with E-state index in [2.05, 4.69) is 36.1 Å². The molecule has 104 valence electrons. The van der Waals surface area contributed by atoms with Gasteiger partial charge >= 0.3 is 0 Å². The van der Waals surface area contributed by atoms with Gasteiger partial charge in [-0.1, -0.05) is 6.92 Å². The molecule has 4 heteroatoms. The third-order valence-corrected chi connectivity index (χ3v) is 4.99. The molecule has 1 aromatic carbocycles. The summed E-state index contributed by atoms with van der Waals surface area (Å²) in [4.78, 5) is 0. The summed E-state index contributed by atoms with van der Waals surface area (Å²) in [6.07, 6.45) is 2.54. The number of hydrogen-bond acceptors (Lipinski definition) is 4. The second-order valence-corrected chi connectivity index (χ2v) is 7.22. The zero-order valence-electron chi connectivity index (χ0n) is 11.7. The minimum Gasteiger partial charge on any atom is -0.449 e. The molecular weight excluding hydrogens is 258 g/mol. The Morgan fingerprint density at radius 3 is 2.84 bits per heavy atom. The SMILES string of the molecule is CC1SCCCC1Nc1ccc2c(c1)OC(C)(C)O2. The molecule has 2 unspecified atom stereocenters. The topological polar surface area (TPSA) is 30.5 Å². The molecule has 1 saturated heterocycles. The molecule has 0 saturated carbocycles. The number of rotatable bonds is 2. The molecule has 0 bridgehead atoms. The molecule has 1 fully saturated rings. The number of fused-ring (bicyclic) bond motifs is 1. The Morgan fingerprint density at radius 1 is 1.26 bits per heavy atom. The van der Waals surface area contributed by atoms with Crippen molar-refractivity contribution < 1.29 is 9.47 Å². The van der Waals surface area contributed by atoms with Gasteiger partial charge in [-0.05, 0) is 30.7 Å². The van der Waals surface area contributed by atoms with Gasteiger partial charge in [0.2, 0.25) is 5.79 Å². The van der Waals surface area contributed by atoms with Crippen LogP contribution >= 0.6 is 11.8 Å². The zero-order chi connectivity index (χ0) is 13.5. The van der Waals surface area contributed by atoms with Crippen molar-refractivity contribution in [1.29, 1.82) is 0 Å². The van der Waals surface area contributed by atoms with Gasteiger partial charge in [0.05, 0.1) is 0 Å². The summed E-state index contributed by atoms with van der Waals surface area (Å²) < 4.78 is 11.5. The zero-order valence-corrected chi connectivity index (χ0v) is 12.5. The highest BCUT2D eigenvalue weighted by Crippen LogP contribution is 2.41. The van der Waals surface area contributed by atoms with Gasteiger partial charge in [0.1, 0.15) is 0 Å². The second-order valence-electron chi connectivity index (χ2n) is 5.73. The minimum absolute atomic E-state index is 0.547. The fourth-order valence-corrected chi connectivity index (χ4v) is 3.78. The predicted octanol–water partition coefficient (Wildman–Crippen LogP) is 3.89. The van der Waals surface area contributed by atoms with Crippen LogP contribution in [0.5, 0.6) is 11.5 Å². The van der Waals surface area contributed by atoms with Gasteiger partial charge in [-0.15, -0.1) is 0 Å². The molecule has 0 radical (unpaired) electrons. The monoisotopic (exact) mass is 279 g/mol. The van der Waals surface area contributed by atoms with Gasteiger partial charge in [-0.25, -0.2) is 0 Å². The minimum atomic E-state index is -0.547. The highest BCUT2D eigenvalue weighted by Gasteiger charge is 2.32. The third-order valence-electron chi connectivity index (χ3n) is 3.61. The summed E-state index contributed by atoms with van der Waals surface area (Å²) >= 11 is 2.05. The number of thioether (sulfide) groups is 1. The molecule has 1 aromatic rings. The summed E-state index contributed by atoms with van der Waals surface area (Å²) in [5.74, 6) is 2.41. The largest absolute Gasteiger partial charge is 0.449 e. The number of ether oxygens (including phenoxy) is 2. The van der Waals surface area contributed by atoms with Crippen molar-refractivity contribution >= 4 is 17.4 Å². The smallest absolute Gasteiger partial charge is 0.246 e. The lowest BCUT2D eigenvalue weighted by Crippen LogP contribution is -2.32. The van der Waals surface area contributed by atoms with E-state index in [1.807, 2.05) is 19.9 Å². The van der Waals surface area contributed by atoms with Crippen molar-refractivity contribution in [2.75, 3.05) is 11.1 Å². The van der Waals surface area contributed by atoms with E-state index >= 15 is 0 Å². The van der Waals surface area contributed by atoms with Crippen molar-refractivity contribution in [1.82, 2.24) is 0 Å². The van der Waals surface area contributed by atoms with E-state index in [1.54, 1.807) is 0 Å². The van der Waals surface area contributed by atoms with E-state index in [4.69, 9.17) is 9.47 Å². The lowest BCUT2D eigenvalue weighted by atomic mass is 10.1. The molecule has 2 aliphatic rings. The summed E-state index contributed by atoms with van der Waals surface area (Å²) in [6.45, 7) is 6.16. The Kier molecular flexibility index (Phi) is 3.29. The molecule has 3 nitrogen and oxygen atoms in total. The van der Waals surface area contributed by atoms with Gasteiger partial charge in [0, 0.05) is 36.9 Å². The molecule has 0 amide bonds. The average molecular weight is 279 g/mol. The van der Waals surface area contributed by atoms with Crippen LogP contribution in [-0.2, 0) is 0 Å². The van der Waals surface area contributed by atoms with Crippen LogP contribution in [0.1, 0.15) is 33.6 Å². The average Bonchev–Trinajstić information content (AvgIpc) is 2.65. The van der Waals surface area contributed by atoms with Crippen molar-refractivity contribution in [3.05, 3.63) is 18.2 Å². The Hall–Kier alpha value is -1.03. The lowest BCUT2D eigenvalue weighted by Gasteiger charge is -2.30. The Bertz CT molecular complexity index is 475. The highest BCUT2D eigenvalue weighted by atomic mass is 32.2. The van der Waals surface area contributed by atoms with Gasteiger partial charge in [-0.3, -0.25) is 0 Å².